The molecule has 9 heterocycles. The van der Waals surface area contributed by atoms with Crippen molar-refractivity contribution < 1.29 is 213 Å². The second-order valence-corrected chi connectivity index (χ2v) is 39.4. The van der Waals surface area contributed by atoms with Crippen LogP contribution in [0.2, 0.25) is 0 Å². The van der Waals surface area contributed by atoms with Crippen LogP contribution >= 0.6 is 0 Å². The third kappa shape index (κ3) is 18.0. The molecule has 0 aromatic carbocycles. The number of ether oxygens (including phenoxy) is 18. The first-order valence-corrected chi connectivity index (χ1v) is 43.8. The lowest BCUT2D eigenvalue weighted by Gasteiger charge is -2.71. The average Bonchev–Trinajstić information content (AvgIpc) is 0.673. The van der Waals surface area contributed by atoms with Gasteiger partial charge >= 0.3 is 5.97 Å². The van der Waals surface area contributed by atoms with Gasteiger partial charge < -0.3 is 208 Å². The monoisotopic (exact) mass is 1810 g/mol. The molecule has 0 amide bonds. The number of carbonyl (C=O) groups excluding carboxylic acids is 1. The number of rotatable bonds is 22. The van der Waals surface area contributed by atoms with E-state index in [1.165, 1.54) is 20.8 Å². The van der Waals surface area contributed by atoms with Crippen LogP contribution in [-0.2, 0) is 90.1 Å². The van der Waals surface area contributed by atoms with E-state index in [4.69, 9.17) is 85.3 Å². The molecule has 0 spiro atoms. The molecule has 43 heteroatoms. The molecule has 14 aliphatic rings. The number of hydrogen-bond donors (Lipinski definition) is 24. The highest BCUT2D eigenvalue weighted by Crippen LogP contribution is 2.76. The highest BCUT2D eigenvalue weighted by Gasteiger charge is 2.71. The Kier molecular flexibility index (Phi) is 30.0. The molecule has 0 aromatic heterocycles. The van der Waals surface area contributed by atoms with Gasteiger partial charge in [-0.15, -0.1) is 0 Å². The van der Waals surface area contributed by atoms with Gasteiger partial charge in [-0.1, -0.05) is 60.1 Å². The minimum absolute atomic E-state index is 0.0234. The van der Waals surface area contributed by atoms with E-state index in [-0.39, 0.29) is 40.6 Å². The fourth-order valence-electron chi connectivity index (χ4n) is 23.0. The zero-order valence-electron chi connectivity index (χ0n) is 71.5. The molecule has 51 atom stereocenters. The van der Waals surface area contributed by atoms with Gasteiger partial charge in [-0.3, -0.25) is 4.79 Å². The number of carbonyl (C=O) groups is 1. The van der Waals surface area contributed by atoms with Crippen molar-refractivity contribution in [1.82, 2.24) is 0 Å². The summed E-state index contributed by atoms with van der Waals surface area (Å²) in [6, 6.07) is 0. The van der Waals surface area contributed by atoms with Gasteiger partial charge in [0.25, 0.3) is 0 Å². The van der Waals surface area contributed by atoms with Crippen molar-refractivity contribution in [1.29, 1.82) is 0 Å². The standard InChI is InChI=1S/C82H134O43/c1-28-42(86)50(94)56(100)67(112-28)109-25-36-46(90)52(96)58(102)71(117-36)123-65-49(93)34(22-83)115-74(62(65)106)119-38-27-111-69(55(99)48(38)92)122-64-44(88)30(3)114-73(61(64)105)124-66-45(89)33(85)24-108-75(66)120-41-14-15-79(8)39(78(41,6)7)13-16-81(10)40(79)12-11-31-32-21-77(4,5)17-19-82(32,20-18-80(31,81)9)76(107)125-72-59(103)53(97)47(91)37(118-72)26-110-68-60(104)54(98)63(35(23-84)116-68)121-70-57(101)51(95)43(87)29(2)113-70/h11,28-30,32-75,83-106H,12-27H2,1-10H3/t28-,29-,30-,32-,33-,34+,35+,36+,37+,38+,39-,40+,41-,42-,43-,44-,45-,46+,47+,48+,49+,50+,51+,52-,53-,54+,55+,56+,57+,58+,59+,60+,61+,62+,63+,64+,65-,66+,67+,68-,69-,70-,71-,72-,73-,74-,75+,79-,80+,81+,82?/m0/s1. The van der Waals surface area contributed by atoms with Gasteiger partial charge in [0.15, 0.2) is 50.3 Å². The summed E-state index contributed by atoms with van der Waals surface area (Å²) < 4.78 is 107. The van der Waals surface area contributed by atoms with Crippen LogP contribution in [0.25, 0.3) is 0 Å². The van der Waals surface area contributed by atoms with Crippen molar-refractivity contribution in [3.63, 3.8) is 0 Å². The zero-order chi connectivity index (χ0) is 91.0. The fraction of sp³-hybridized carbons (Fsp3) is 0.963. The van der Waals surface area contributed by atoms with Crippen LogP contribution in [-0.4, -0.2) is 438 Å². The molecule has 9 saturated heterocycles. The largest absolute Gasteiger partial charge is 0.432 e. The van der Waals surface area contributed by atoms with Crippen LogP contribution in [0.3, 0.4) is 0 Å². The first-order chi connectivity index (χ1) is 58.7. The molecule has 9 aliphatic heterocycles. The first kappa shape index (κ1) is 98.6. The first-order valence-electron chi connectivity index (χ1n) is 43.8. The van der Waals surface area contributed by atoms with Crippen molar-refractivity contribution in [2.45, 2.75) is 404 Å². The number of fused-ring (bicyclic) bond motifs is 7. The molecule has 5 aliphatic carbocycles. The maximum absolute atomic E-state index is 15.4. The predicted octanol–water partition coefficient (Wildman–Crippen LogP) is -8.55. The maximum Gasteiger partial charge on any atom is 0.315 e. The quantitative estimate of drug-likeness (QED) is 0.0272. The minimum Gasteiger partial charge on any atom is -0.432 e. The molecule has 720 valence electrons. The Hall–Kier alpha value is -2.43. The SMILES string of the molecule is C[C@@H]1O[C@@H](OC[C@H]2O[C@@H](O[C@@H]3[C@@H](O)[C@H](O[C@@H]4CO[C@@H](O[C@@H]5[C@@H](O)[C@H](C)O[C@@H](O[C@H]6[C@@H](O[C@H]7CC[C@]8(C)[C@H]9CC=C%10[C@@H]%11CC(C)(C)CCC%11(C(=O)O[C@@H]%11O[C@H](CO[C@H]%12O[C@H](CO)[C@@H](O[C@@H]%13O[C@@H](C)[C@H](O)[C@@H](O)[C@H]%13O)[C@H](O)[C@H]%12O)[C@@H](O)[C@H](O)[C@H]%11O)CC[C@@]%10(C)[C@]9(C)CC[C@H]8C7(C)C)OC[C@H](O)[C@@H]6O)[C@@H]5O)[C@H](O)[C@@H]4O)O[C@H](CO)[C@H]3O)[C@H](O)[C@@H](O)[C@@H]2O)[C@H](O)[C@H](O)[C@H]1O. The molecule has 125 heavy (non-hydrogen) atoms. The topological polar surface area (TPSA) is 669 Å². The van der Waals surface area contributed by atoms with Gasteiger partial charge in [0, 0.05) is 0 Å². The Bertz CT molecular complexity index is 3610. The second-order valence-electron chi connectivity index (χ2n) is 39.4. The molecule has 0 radical (unpaired) electrons. The smallest absolute Gasteiger partial charge is 0.315 e. The van der Waals surface area contributed by atoms with E-state index in [9.17, 15) is 123 Å². The third-order valence-corrected chi connectivity index (χ3v) is 31.1. The van der Waals surface area contributed by atoms with Crippen LogP contribution in [0.15, 0.2) is 11.6 Å². The molecule has 1 unspecified atom stereocenters. The molecular weight excluding hydrogens is 1670 g/mol. The molecule has 4 saturated carbocycles. The molecule has 0 bridgehead atoms. The van der Waals surface area contributed by atoms with Crippen LogP contribution < -0.4 is 0 Å². The summed E-state index contributed by atoms with van der Waals surface area (Å²) in [4.78, 5) is 15.4. The number of esters is 1. The van der Waals surface area contributed by atoms with Crippen molar-refractivity contribution in [3.05, 3.63) is 11.6 Å². The van der Waals surface area contributed by atoms with E-state index in [1.54, 1.807) is 0 Å². The van der Waals surface area contributed by atoms with Crippen LogP contribution in [0.4, 0.5) is 0 Å². The Morgan fingerprint density at radius 3 is 1.46 bits per heavy atom. The van der Waals surface area contributed by atoms with Gasteiger partial charge in [0.2, 0.25) is 6.29 Å². The molecule has 24 N–H and O–H groups in total. The number of aliphatic hydroxyl groups is 24. The molecule has 0 aromatic rings. The van der Waals surface area contributed by atoms with E-state index in [2.05, 4.69) is 54.5 Å². The van der Waals surface area contributed by atoms with E-state index < -0.39 is 325 Å². The second kappa shape index (κ2) is 38.0. The highest BCUT2D eigenvalue weighted by molar-refractivity contribution is 5.79. The van der Waals surface area contributed by atoms with Gasteiger partial charge in [0.1, 0.15) is 189 Å². The Balaban J connectivity index is 0.598. The summed E-state index contributed by atoms with van der Waals surface area (Å²) in [5.74, 6) is -0.860. The fourth-order valence-corrected chi connectivity index (χ4v) is 23.0. The maximum atomic E-state index is 15.4. The molecule has 13 fully saturated rings. The summed E-state index contributed by atoms with van der Waals surface area (Å²) in [6.45, 7) is 15.7. The summed E-state index contributed by atoms with van der Waals surface area (Å²) in [6.07, 6.45) is -66.2. The van der Waals surface area contributed by atoms with Crippen LogP contribution in [0.1, 0.15) is 133 Å². The Morgan fingerprint density at radius 2 is 0.848 bits per heavy atom. The van der Waals surface area contributed by atoms with E-state index >= 15 is 4.79 Å². The number of aliphatic hydroxyl groups excluding tert-OH is 24. The molecule has 14 rings (SSSR count). The minimum atomic E-state index is -2.10. The van der Waals surface area contributed by atoms with Crippen LogP contribution in [0, 0.1) is 50.2 Å². The summed E-state index contributed by atoms with van der Waals surface area (Å²) in [5.41, 5.74) is -1.89. The van der Waals surface area contributed by atoms with Crippen molar-refractivity contribution in [3.8, 4) is 0 Å². The molecular formula is C82H134O43. The predicted molar refractivity (Wildman–Crippen MR) is 410 cm³/mol. The summed E-state index contributed by atoms with van der Waals surface area (Å²) in [5, 5.41) is 265. The Labute approximate surface area is 721 Å². The summed E-state index contributed by atoms with van der Waals surface area (Å²) >= 11 is 0. The van der Waals surface area contributed by atoms with Crippen molar-refractivity contribution >= 4 is 5.97 Å². The third-order valence-electron chi connectivity index (χ3n) is 31.1. The van der Waals surface area contributed by atoms with Gasteiger partial charge in [-0.25, -0.2) is 0 Å². The Morgan fingerprint density at radius 1 is 0.384 bits per heavy atom. The van der Waals surface area contributed by atoms with Gasteiger partial charge in [-0.2, -0.15) is 0 Å². The lowest BCUT2D eigenvalue weighted by Crippen LogP contribution is -2.67. The van der Waals surface area contributed by atoms with Gasteiger partial charge in [-0.05, 0) is 130 Å². The lowest BCUT2D eigenvalue weighted by atomic mass is 9.33. The van der Waals surface area contributed by atoms with E-state index in [1.807, 2.05) is 0 Å². The summed E-state index contributed by atoms with van der Waals surface area (Å²) in [7, 11) is 0. The van der Waals surface area contributed by atoms with Crippen molar-refractivity contribution in [2.24, 2.45) is 50.2 Å². The van der Waals surface area contributed by atoms with E-state index in [0.29, 0.717) is 51.4 Å². The van der Waals surface area contributed by atoms with Crippen molar-refractivity contribution in [2.75, 3.05) is 39.6 Å². The normalized spacial score (nSPS) is 54.9. The van der Waals surface area contributed by atoms with E-state index in [0.717, 1.165) is 18.4 Å². The van der Waals surface area contributed by atoms with Gasteiger partial charge in [0.05, 0.1) is 69.5 Å². The zero-order valence-corrected chi connectivity index (χ0v) is 71.5. The highest BCUT2D eigenvalue weighted by atomic mass is 16.8. The lowest BCUT2D eigenvalue weighted by molar-refractivity contribution is -0.387. The number of hydrogen-bond acceptors (Lipinski definition) is 43. The van der Waals surface area contributed by atoms with Crippen LogP contribution in [0.5, 0.6) is 0 Å². The number of allylic oxidation sites excluding steroid dienone is 2. The molecule has 43 nitrogen and oxygen atoms in total. The average molecular weight is 1810 g/mol.